The van der Waals surface area contributed by atoms with Crippen LogP contribution < -0.4 is 5.32 Å². The van der Waals surface area contributed by atoms with Crippen LogP contribution in [0.1, 0.15) is 33.6 Å². The molecule has 4 nitrogen and oxygen atoms in total. The zero-order valence-electron chi connectivity index (χ0n) is 11.3. The van der Waals surface area contributed by atoms with E-state index in [0.29, 0.717) is 5.92 Å². The lowest BCUT2D eigenvalue weighted by atomic mass is 9.95. The summed E-state index contributed by atoms with van der Waals surface area (Å²) in [6, 6.07) is -0.404. The van der Waals surface area contributed by atoms with E-state index in [4.69, 9.17) is 5.11 Å². The highest BCUT2D eigenvalue weighted by molar-refractivity contribution is 5.73. The van der Waals surface area contributed by atoms with Gasteiger partial charge in [0.15, 0.2) is 0 Å². The minimum absolute atomic E-state index is 0.142. The molecule has 1 aliphatic heterocycles. The molecular weight excluding hydrogens is 216 g/mol. The lowest BCUT2D eigenvalue weighted by molar-refractivity contribution is -0.140. The number of piperidine rings is 1. The molecule has 1 saturated heterocycles. The highest BCUT2D eigenvalue weighted by Crippen LogP contribution is 2.16. The molecular formula is C13H26N2O2. The van der Waals surface area contributed by atoms with Gasteiger partial charge in [-0.15, -0.1) is 0 Å². The van der Waals surface area contributed by atoms with Gasteiger partial charge in [-0.1, -0.05) is 20.8 Å². The summed E-state index contributed by atoms with van der Waals surface area (Å²) in [5.41, 5.74) is 0. The first-order valence-corrected chi connectivity index (χ1v) is 6.73. The van der Waals surface area contributed by atoms with Crippen LogP contribution in [0.3, 0.4) is 0 Å². The van der Waals surface area contributed by atoms with Crippen LogP contribution in [0.25, 0.3) is 0 Å². The maximum atomic E-state index is 11.0. The number of carboxylic acid groups (broad SMARTS) is 1. The molecule has 0 saturated carbocycles. The number of likely N-dealkylation sites (tertiary alicyclic amines) is 1. The molecule has 2 N–H and O–H groups in total. The number of nitrogens with zero attached hydrogens (tertiary/aromatic N) is 1. The van der Waals surface area contributed by atoms with Gasteiger partial charge < -0.3 is 15.3 Å². The molecule has 0 spiro atoms. The van der Waals surface area contributed by atoms with E-state index in [1.54, 1.807) is 0 Å². The summed E-state index contributed by atoms with van der Waals surface area (Å²) in [5, 5.41) is 12.3. The second kappa shape index (κ2) is 6.97. The minimum Gasteiger partial charge on any atom is -0.480 e. The molecule has 100 valence electrons. The number of nitrogens with one attached hydrogen (secondary N) is 1. The Kier molecular flexibility index (Phi) is 5.92. The monoisotopic (exact) mass is 242 g/mol. The Morgan fingerprint density at radius 2 is 2.00 bits per heavy atom. The van der Waals surface area contributed by atoms with Crippen molar-refractivity contribution in [1.82, 2.24) is 10.2 Å². The molecule has 1 unspecified atom stereocenters. The number of hydrogen-bond acceptors (Lipinski definition) is 3. The van der Waals surface area contributed by atoms with Crippen molar-refractivity contribution in [3.05, 3.63) is 0 Å². The Labute approximate surface area is 104 Å². The molecule has 0 bridgehead atoms. The molecule has 0 aromatic carbocycles. The van der Waals surface area contributed by atoms with Crippen molar-refractivity contribution in [1.29, 1.82) is 0 Å². The summed E-state index contributed by atoms with van der Waals surface area (Å²) >= 11 is 0. The van der Waals surface area contributed by atoms with Crippen LogP contribution in [0.2, 0.25) is 0 Å². The van der Waals surface area contributed by atoms with Crippen molar-refractivity contribution in [3.63, 3.8) is 0 Å². The molecule has 0 amide bonds. The average Bonchev–Trinajstić information content (AvgIpc) is 2.29. The highest BCUT2D eigenvalue weighted by Gasteiger charge is 2.23. The first kappa shape index (κ1) is 14.5. The van der Waals surface area contributed by atoms with Crippen molar-refractivity contribution in [2.75, 3.05) is 26.2 Å². The van der Waals surface area contributed by atoms with Gasteiger partial charge in [-0.3, -0.25) is 4.79 Å². The van der Waals surface area contributed by atoms with Crippen molar-refractivity contribution in [2.45, 2.75) is 39.7 Å². The van der Waals surface area contributed by atoms with Crippen LogP contribution in [-0.2, 0) is 4.79 Å². The number of aliphatic carboxylic acids is 1. The Hall–Kier alpha value is -0.610. The SMILES string of the molecule is CCN1CCC(CNC(C(=O)O)C(C)C)CC1. The molecule has 1 fully saturated rings. The van der Waals surface area contributed by atoms with Crippen molar-refractivity contribution >= 4 is 5.97 Å². The minimum atomic E-state index is -0.731. The second-order valence-electron chi connectivity index (χ2n) is 5.35. The second-order valence-corrected chi connectivity index (χ2v) is 5.35. The van der Waals surface area contributed by atoms with E-state index in [2.05, 4.69) is 17.1 Å². The predicted molar refractivity (Wildman–Crippen MR) is 69.1 cm³/mol. The van der Waals surface area contributed by atoms with E-state index in [0.717, 1.165) is 26.2 Å². The molecule has 17 heavy (non-hydrogen) atoms. The summed E-state index contributed by atoms with van der Waals surface area (Å²) < 4.78 is 0. The van der Waals surface area contributed by atoms with Gasteiger partial charge in [0.1, 0.15) is 6.04 Å². The average molecular weight is 242 g/mol. The van der Waals surface area contributed by atoms with Crippen LogP contribution in [0, 0.1) is 11.8 Å². The van der Waals surface area contributed by atoms with Gasteiger partial charge >= 0.3 is 5.97 Å². The van der Waals surface area contributed by atoms with Crippen LogP contribution in [0.4, 0.5) is 0 Å². The Morgan fingerprint density at radius 1 is 1.41 bits per heavy atom. The van der Waals surface area contributed by atoms with E-state index >= 15 is 0 Å². The Balaban J connectivity index is 2.28. The molecule has 4 heteroatoms. The number of rotatable bonds is 6. The number of hydrogen-bond donors (Lipinski definition) is 2. The normalized spacial score (nSPS) is 20.7. The van der Waals surface area contributed by atoms with E-state index < -0.39 is 12.0 Å². The van der Waals surface area contributed by atoms with Crippen molar-refractivity contribution in [3.8, 4) is 0 Å². The van der Waals surface area contributed by atoms with Crippen molar-refractivity contribution in [2.24, 2.45) is 11.8 Å². The largest absolute Gasteiger partial charge is 0.480 e. The van der Waals surface area contributed by atoms with Crippen LogP contribution >= 0.6 is 0 Å². The van der Waals surface area contributed by atoms with E-state index in [1.807, 2.05) is 13.8 Å². The van der Waals surface area contributed by atoms with E-state index in [-0.39, 0.29) is 5.92 Å². The van der Waals surface area contributed by atoms with Crippen LogP contribution in [0.15, 0.2) is 0 Å². The third-order valence-corrected chi connectivity index (χ3v) is 3.71. The fourth-order valence-corrected chi connectivity index (χ4v) is 2.41. The fraction of sp³-hybridized carbons (Fsp3) is 0.923. The lowest BCUT2D eigenvalue weighted by Gasteiger charge is -2.32. The number of carbonyl (C=O) groups is 1. The first-order valence-electron chi connectivity index (χ1n) is 6.73. The molecule has 0 aliphatic carbocycles. The van der Waals surface area contributed by atoms with E-state index in [1.165, 1.54) is 12.8 Å². The maximum absolute atomic E-state index is 11.0. The lowest BCUT2D eigenvalue weighted by Crippen LogP contribution is -2.45. The van der Waals surface area contributed by atoms with Crippen LogP contribution in [-0.4, -0.2) is 48.2 Å². The standard InChI is InChI=1S/C13H26N2O2/c1-4-15-7-5-11(6-8-15)9-14-12(10(2)3)13(16)17/h10-12,14H,4-9H2,1-3H3,(H,16,17). The fourth-order valence-electron chi connectivity index (χ4n) is 2.41. The summed E-state index contributed by atoms with van der Waals surface area (Å²) in [7, 11) is 0. The molecule has 1 atom stereocenters. The summed E-state index contributed by atoms with van der Waals surface area (Å²) in [6.45, 7) is 10.4. The van der Waals surface area contributed by atoms with Gasteiger partial charge in [0, 0.05) is 0 Å². The van der Waals surface area contributed by atoms with Gasteiger partial charge in [0.25, 0.3) is 0 Å². The summed E-state index contributed by atoms with van der Waals surface area (Å²) in [4.78, 5) is 13.5. The zero-order chi connectivity index (χ0) is 12.8. The molecule has 1 heterocycles. The van der Waals surface area contributed by atoms with Gasteiger partial charge in [-0.2, -0.15) is 0 Å². The molecule has 1 rings (SSSR count). The quantitative estimate of drug-likeness (QED) is 0.739. The summed E-state index contributed by atoms with van der Waals surface area (Å²) in [5.74, 6) is 0.0487. The third kappa shape index (κ3) is 4.64. The third-order valence-electron chi connectivity index (χ3n) is 3.71. The Bertz CT molecular complexity index is 236. The summed E-state index contributed by atoms with van der Waals surface area (Å²) in [6.07, 6.45) is 2.37. The molecule has 0 aromatic rings. The van der Waals surface area contributed by atoms with Gasteiger partial charge in [-0.05, 0) is 50.9 Å². The van der Waals surface area contributed by atoms with Crippen molar-refractivity contribution < 1.29 is 9.90 Å². The van der Waals surface area contributed by atoms with Crippen LogP contribution in [0.5, 0.6) is 0 Å². The van der Waals surface area contributed by atoms with E-state index in [9.17, 15) is 4.79 Å². The predicted octanol–water partition coefficient (Wildman–Crippen LogP) is 1.42. The molecule has 0 radical (unpaired) electrons. The van der Waals surface area contributed by atoms with Gasteiger partial charge in [-0.25, -0.2) is 0 Å². The smallest absolute Gasteiger partial charge is 0.320 e. The molecule has 0 aromatic heterocycles. The van der Waals surface area contributed by atoms with Gasteiger partial charge in [0.05, 0.1) is 0 Å². The number of carboxylic acids is 1. The Morgan fingerprint density at radius 3 is 2.41 bits per heavy atom. The first-order chi connectivity index (χ1) is 8.04. The topological polar surface area (TPSA) is 52.6 Å². The zero-order valence-corrected chi connectivity index (χ0v) is 11.3. The van der Waals surface area contributed by atoms with Gasteiger partial charge in [0.2, 0.25) is 0 Å². The maximum Gasteiger partial charge on any atom is 0.320 e. The molecule has 1 aliphatic rings. The highest BCUT2D eigenvalue weighted by atomic mass is 16.4.